The van der Waals surface area contributed by atoms with Crippen LogP contribution in [0.2, 0.25) is 0 Å². The standard InChI is InChI=1S/C3H4O2S/c1-6(5)3-2-4/h4H,1H3. The summed E-state index contributed by atoms with van der Waals surface area (Å²) in [6.07, 6.45) is 2.91. The van der Waals surface area contributed by atoms with Crippen molar-refractivity contribution < 1.29 is 9.66 Å². The van der Waals surface area contributed by atoms with Gasteiger partial charge in [-0.25, -0.2) is 0 Å². The van der Waals surface area contributed by atoms with Gasteiger partial charge in [-0.05, 0) is 0 Å². The fourth-order valence-electron chi connectivity index (χ4n) is 0.0643. The molecule has 0 aliphatic carbocycles. The Labute approximate surface area is 39.4 Å². The Balaban J connectivity index is 3.20. The van der Waals surface area contributed by atoms with Crippen molar-refractivity contribution in [2.45, 2.75) is 0 Å². The maximum Gasteiger partial charge on any atom is 0.193 e. The fraction of sp³-hybridized carbons (Fsp3) is 0.333. The van der Waals surface area contributed by atoms with Gasteiger partial charge in [0.25, 0.3) is 0 Å². The van der Waals surface area contributed by atoms with Crippen molar-refractivity contribution in [2.24, 2.45) is 0 Å². The second kappa shape index (κ2) is 2.88. The average molecular weight is 104 g/mol. The lowest BCUT2D eigenvalue weighted by Gasteiger charge is -1.84. The van der Waals surface area contributed by atoms with Gasteiger partial charge < -0.3 is 9.66 Å². The van der Waals surface area contributed by atoms with Crippen molar-refractivity contribution >= 4 is 11.2 Å². The predicted octanol–water partition coefficient (Wildman–Crippen LogP) is -0.344. The van der Waals surface area contributed by atoms with Crippen LogP contribution in [-0.2, 0) is 11.2 Å². The first-order chi connectivity index (χ1) is 2.77. The quantitative estimate of drug-likeness (QED) is 0.337. The molecule has 34 valence electrons. The van der Waals surface area contributed by atoms with Crippen LogP contribution >= 0.6 is 0 Å². The van der Waals surface area contributed by atoms with Gasteiger partial charge in [-0.15, -0.1) is 0 Å². The molecule has 0 aromatic rings. The molecule has 0 amide bonds. The van der Waals surface area contributed by atoms with Gasteiger partial charge in [-0.1, -0.05) is 0 Å². The van der Waals surface area contributed by atoms with E-state index >= 15 is 0 Å². The van der Waals surface area contributed by atoms with E-state index in [1.807, 2.05) is 5.25 Å². The van der Waals surface area contributed by atoms with E-state index in [-0.39, 0.29) is 0 Å². The first-order valence-corrected chi connectivity index (χ1v) is 2.81. The Hall–Kier alpha value is -0.330. The van der Waals surface area contributed by atoms with Crippen LogP contribution in [0.3, 0.4) is 0 Å². The first kappa shape index (κ1) is 5.67. The van der Waals surface area contributed by atoms with Crippen molar-refractivity contribution in [3.05, 3.63) is 0 Å². The molecule has 0 fully saturated rings. The third-order valence-corrected chi connectivity index (χ3v) is 0.568. The van der Waals surface area contributed by atoms with Gasteiger partial charge in [0.15, 0.2) is 11.4 Å². The van der Waals surface area contributed by atoms with Gasteiger partial charge in [0, 0.05) is 11.2 Å². The molecular formula is C3H4O2S. The van der Waals surface area contributed by atoms with Gasteiger partial charge in [0.05, 0.1) is 0 Å². The van der Waals surface area contributed by atoms with Crippen molar-refractivity contribution in [3.8, 4) is 11.4 Å². The molecule has 6 heavy (non-hydrogen) atoms. The van der Waals surface area contributed by atoms with Gasteiger partial charge in [-0.3, -0.25) is 0 Å². The van der Waals surface area contributed by atoms with E-state index in [4.69, 9.17) is 5.11 Å². The smallest absolute Gasteiger partial charge is 0.193 e. The third-order valence-electron chi connectivity index (χ3n) is 0.189. The third kappa shape index (κ3) is 3.67. The minimum absolute atomic E-state index is 1.18. The highest BCUT2D eigenvalue weighted by Crippen LogP contribution is 1.71. The molecule has 0 aromatic heterocycles. The van der Waals surface area contributed by atoms with E-state index < -0.39 is 11.2 Å². The molecule has 0 aromatic carbocycles. The maximum atomic E-state index is 9.82. The summed E-state index contributed by atoms with van der Waals surface area (Å²) in [7, 11) is 0. The van der Waals surface area contributed by atoms with E-state index in [0.29, 0.717) is 0 Å². The average Bonchev–Trinajstić information content (AvgIpc) is 1.35. The van der Waals surface area contributed by atoms with Crippen LogP contribution in [0.4, 0.5) is 0 Å². The van der Waals surface area contributed by atoms with Crippen LogP contribution in [0.15, 0.2) is 0 Å². The highest BCUT2D eigenvalue weighted by Gasteiger charge is 1.80. The normalized spacial score (nSPS) is 11.7. The summed E-state index contributed by atoms with van der Waals surface area (Å²) in [5.74, 6) is 0. The zero-order valence-electron chi connectivity index (χ0n) is 3.26. The molecule has 0 radical (unpaired) electrons. The predicted molar refractivity (Wildman–Crippen MR) is 23.8 cm³/mol. The van der Waals surface area contributed by atoms with Gasteiger partial charge >= 0.3 is 0 Å². The minimum atomic E-state index is -1.18. The molecule has 1 N–H and O–H groups in total. The van der Waals surface area contributed by atoms with Gasteiger partial charge in [-0.2, -0.15) is 0 Å². The highest BCUT2D eigenvalue weighted by atomic mass is 32.2. The molecule has 0 spiro atoms. The maximum absolute atomic E-state index is 9.82. The van der Waals surface area contributed by atoms with Crippen LogP contribution in [0.25, 0.3) is 0 Å². The van der Waals surface area contributed by atoms with Crippen molar-refractivity contribution in [1.29, 1.82) is 0 Å². The number of rotatable bonds is 0. The topological polar surface area (TPSA) is 43.3 Å². The highest BCUT2D eigenvalue weighted by molar-refractivity contribution is 7.95. The lowest BCUT2D eigenvalue weighted by atomic mass is 11.3. The van der Waals surface area contributed by atoms with Gasteiger partial charge in [0.1, 0.15) is 6.26 Å². The Kier molecular flexibility index (Phi) is 2.73. The Bertz CT molecular complexity index is 78.5. The van der Waals surface area contributed by atoms with Crippen LogP contribution in [-0.4, -0.2) is 15.9 Å². The largest absolute Gasteiger partial charge is 0.604 e. The van der Waals surface area contributed by atoms with E-state index in [1.54, 1.807) is 0 Å². The molecule has 0 heterocycles. The second-order valence-electron chi connectivity index (χ2n) is 0.668. The zero-order valence-corrected chi connectivity index (χ0v) is 4.08. The molecule has 0 aliphatic rings. The lowest BCUT2D eigenvalue weighted by Crippen LogP contribution is -1.87. The monoisotopic (exact) mass is 104 g/mol. The fourth-order valence-corrected chi connectivity index (χ4v) is 0.193. The Morgan fingerprint density at radius 3 is 2.33 bits per heavy atom. The zero-order chi connectivity index (χ0) is 4.99. The minimum Gasteiger partial charge on any atom is -0.604 e. The Morgan fingerprint density at radius 2 is 2.33 bits per heavy atom. The molecule has 0 saturated carbocycles. The summed E-state index contributed by atoms with van der Waals surface area (Å²) < 4.78 is 9.82. The van der Waals surface area contributed by atoms with Gasteiger partial charge in [0.2, 0.25) is 0 Å². The summed E-state index contributed by atoms with van der Waals surface area (Å²) >= 11 is -1.18. The van der Waals surface area contributed by atoms with Crippen LogP contribution in [0.5, 0.6) is 0 Å². The summed E-state index contributed by atoms with van der Waals surface area (Å²) in [5, 5.41) is 9.67. The molecule has 0 rings (SSSR count). The van der Waals surface area contributed by atoms with E-state index in [9.17, 15) is 4.55 Å². The summed E-state index contributed by atoms with van der Waals surface area (Å²) in [4.78, 5) is 0. The molecule has 0 saturated heterocycles. The molecule has 0 bridgehead atoms. The SMILES string of the molecule is C[S+]([O-])C#CO. The van der Waals surface area contributed by atoms with E-state index in [0.717, 1.165) is 0 Å². The van der Waals surface area contributed by atoms with Crippen LogP contribution < -0.4 is 0 Å². The molecule has 3 heteroatoms. The van der Waals surface area contributed by atoms with Crippen LogP contribution in [0, 0.1) is 11.4 Å². The number of hydrogen-bond donors (Lipinski definition) is 1. The molecular weight excluding hydrogens is 100 g/mol. The summed E-state index contributed by atoms with van der Waals surface area (Å²) in [6, 6.07) is 0. The van der Waals surface area contributed by atoms with Crippen molar-refractivity contribution in [2.75, 3.05) is 6.26 Å². The van der Waals surface area contributed by atoms with E-state index in [2.05, 4.69) is 0 Å². The number of aliphatic hydroxyl groups is 1. The van der Waals surface area contributed by atoms with E-state index in [1.165, 1.54) is 12.4 Å². The molecule has 0 aliphatic heterocycles. The molecule has 1 atom stereocenters. The van der Waals surface area contributed by atoms with Crippen molar-refractivity contribution in [1.82, 2.24) is 0 Å². The number of aliphatic hydroxyl groups excluding tert-OH is 1. The Morgan fingerprint density at radius 1 is 1.83 bits per heavy atom. The first-order valence-electron chi connectivity index (χ1n) is 1.25. The molecule has 1 unspecified atom stereocenters. The lowest BCUT2D eigenvalue weighted by molar-refractivity contribution is 0.517. The number of hydrogen-bond acceptors (Lipinski definition) is 2. The second-order valence-corrected chi connectivity index (χ2v) is 1.78. The van der Waals surface area contributed by atoms with Crippen molar-refractivity contribution in [3.63, 3.8) is 0 Å². The summed E-state index contributed by atoms with van der Waals surface area (Å²) in [5.41, 5.74) is 0. The summed E-state index contributed by atoms with van der Waals surface area (Å²) in [6.45, 7) is 0. The molecule has 2 nitrogen and oxygen atoms in total. The van der Waals surface area contributed by atoms with Crippen LogP contribution in [0.1, 0.15) is 0 Å².